The topological polar surface area (TPSA) is 99.4 Å². The van der Waals surface area contributed by atoms with E-state index < -0.39 is 23.1 Å². The molecule has 1 aliphatic heterocycles. The van der Waals surface area contributed by atoms with Crippen LogP contribution in [0.1, 0.15) is 38.5 Å². The predicted molar refractivity (Wildman–Crippen MR) is 142 cm³/mol. The van der Waals surface area contributed by atoms with Gasteiger partial charge in [0.15, 0.2) is 5.78 Å². The SMILES string of the molecule is Cn1c2c(c(=O)n(C)c1=O)[C@@H](c1ccc(OC(=O)Cc3ccccc3)cc1)C1=C(N2)c2ccccc2C1=O. The number of carbonyl (C=O) groups is 2. The van der Waals surface area contributed by atoms with Crippen molar-refractivity contribution in [1.29, 1.82) is 0 Å². The summed E-state index contributed by atoms with van der Waals surface area (Å²) in [6.07, 6.45) is 0.136. The van der Waals surface area contributed by atoms with Crippen molar-refractivity contribution in [3.8, 4) is 5.75 Å². The largest absolute Gasteiger partial charge is 0.426 e. The van der Waals surface area contributed by atoms with Crippen molar-refractivity contribution < 1.29 is 14.3 Å². The molecule has 1 aliphatic carbocycles. The number of nitrogens with zero attached hydrogens (tertiary/aromatic N) is 2. The quantitative estimate of drug-likeness (QED) is 0.337. The lowest BCUT2D eigenvalue weighted by atomic mass is 9.81. The van der Waals surface area contributed by atoms with Gasteiger partial charge in [-0.05, 0) is 23.3 Å². The summed E-state index contributed by atoms with van der Waals surface area (Å²) in [5, 5.41) is 3.22. The van der Waals surface area contributed by atoms with Crippen LogP contribution in [0.25, 0.3) is 5.70 Å². The molecular weight excluding hydrogens is 482 g/mol. The fourth-order valence-electron chi connectivity index (χ4n) is 5.25. The summed E-state index contributed by atoms with van der Waals surface area (Å²) in [6, 6.07) is 23.4. The van der Waals surface area contributed by atoms with Crippen molar-refractivity contribution in [2.24, 2.45) is 14.1 Å². The van der Waals surface area contributed by atoms with Crippen LogP contribution in [0.15, 0.2) is 94.0 Å². The number of benzene rings is 3. The van der Waals surface area contributed by atoms with Gasteiger partial charge in [-0.25, -0.2) is 4.79 Å². The molecule has 6 rings (SSSR count). The van der Waals surface area contributed by atoms with Crippen LogP contribution in [0.5, 0.6) is 5.75 Å². The maximum Gasteiger partial charge on any atom is 0.332 e. The molecule has 1 atom stereocenters. The molecule has 0 saturated carbocycles. The second-order valence-electron chi connectivity index (χ2n) is 9.39. The summed E-state index contributed by atoms with van der Waals surface area (Å²) in [4.78, 5) is 52.2. The molecule has 0 fully saturated rings. The average Bonchev–Trinajstić information content (AvgIpc) is 3.22. The predicted octanol–water partition coefficient (Wildman–Crippen LogP) is 3.40. The van der Waals surface area contributed by atoms with Crippen molar-refractivity contribution in [1.82, 2.24) is 9.13 Å². The van der Waals surface area contributed by atoms with E-state index in [4.69, 9.17) is 4.74 Å². The van der Waals surface area contributed by atoms with Gasteiger partial charge in [-0.3, -0.25) is 23.5 Å². The first kappa shape index (κ1) is 23.4. The van der Waals surface area contributed by atoms with Crippen molar-refractivity contribution >= 4 is 23.3 Å². The molecule has 0 unspecified atom stereocenters. The van der Waals surface area contributed by atoms with Crippen LogP contribution in [0, 0.1) is 0 Å². The van der Waals surface area contributed by atoms with Crippen molar-refractivity contribution in [3.05, 3.63) is 133 Å². The molecule has 2 heterocycles. The van der Waals surface area contributed by atoms with E-state index in [0.717, 1.165) is 15.7 Å². The third-order valence-corrected chi connectivity index (χ3v) is 7.11. The third-order valence-electron chi connectivity index (χ3n) is 7.11. The van der Waals surface area contributed by atoms with Crippen LogP contribution in [0.2, 0.25) is 0 Å². The number of rotatable bonds is 4. The minimum Gasteiger partial charge on any atom is -0.426 e. The van der Waals surface area contributed by atoms with Gasteiger partial charge in [0.25, 0.3) is 5.56 Å². The maximum atomic E-state index is 13.6. The summed E-state index contributed by atoms with van der Waals surface area (Å²) in [5.41, 5.74) is 3.17. The molecule has 1 aromatic heterocycles. The van der Waals surface area contributed by atoms with Gasteiger partial charge in [-0.2, -0.15) is 0 Å². The number of allylic oxidation sites excluding steroid dienone is 1. The number of Topliss-reactive ketones (excluding diaryl/α,β-unsaturated/α-hetero) is 1. The fraction of sp³-hybridized carbons (Fsp3) is 0.133. The summed E-state index contributed by atoms with van der Waals surface area (Å²) >= 11 is 0. The van der Waals surface area contributed by atoms with Crippen molar-refractivity contribution in [2.75, 3.05) is 5.32 Å². The first-order chi connectivity index (χ1) is 18.3. The second kappa shape index (κ2) is 8.85. The van der Waals surface area contributed by atoms with E-state index in [1.807, 2.05) is 42.5 Å². The third kappa shape index (κ3) is 3.61. The lowest BCUT2D eigenvalue weighted by Crippen LogP contribution is -2.42. The minimum absolute atomic E-state index is 0.136. The molecule has 38 heavy (non-hydrogen) atoms. The highest BCUT2D eigenvalue weighted by molar-refractivity contribution is 6.23. The zero-order valence-corrected chi connectivity index (χ0v) is 20.7. The molecule has 0 saturated heterocycles. The van der Waals surface area contributed by atoms with Crippen LogP contribution >= 0.6 is 0 Å². The highest BCUT2D eigenvalue weighted by Gasteiger charge is 2.42. The maximum absolute atomic E-state index is 13.6. The fourth-order valence-corrected chi connectivity index (χ4v) is 5.25. The van der Waals surface area contributed by atoms with Crippen LogP contribution in [-0.2, 0) is 25.3 Å². The molecule has 4 aromatic rings. The molecule has 0 radical (unpaired) electrons. The lowest BCUT2D eigenvalue weighted by molar-refractivity contribution is -0.133. The van der Waals surface area contributed by atoms with Crippen LogP contribution in [-0.4, -0.2) is 20.9 Å². The Hall–Kier alpha value is -4.98. The highest BCUT2D eigenvalue weighted by Crippen LogP contribution is 2.47. The Kier molecular flexibility index (Phi) is 5.45. The lowest BCUT2D eigenvalue weighted by Gasteiger charge is -2.29. The Morgan fingerprint density at radius 3 is 2.21 bits per heavy atom. The summed E-state index contributed by atoms with van der Waals surface area (Å²) in [5.74, 6) is -0.586. The Morgan fingerprint density at radius 2 is 1.50 bits per heavy atom. The minimum atomic E-state index is -0.722. The van der Waals surface area contributed by atoms with Gasteiger partial charge < -0.3 is 10.1 Å². The Labute approximate surface area is 217 Å². The first-order valence-electron chi connectivity index (χ1n) is 12.1. The zero-order valence-electron chi connectivity index (χ0n) is 20.7. The van der Waals surface area contributed by atoms with Gasteiger partial charge in [0.05, 0.1) is 17.7 Å². The number of hydrogen-bond acceptors (Lipinski definition) is 6. The second-order valence-corrected chi connectivity index (χ2v) is 9.39. The Balaban J connectivity index is 1.43. The summed E-state index contributed by atoms with van der Waals surface area (Å²) in [6.45, 7) is 0. The molecule has 8 nitrogen and oxygen atoms in total. The standard InChI is InChI=1S/C30H23N3O5/c1-32-28-25(29(36)33(2)30(32)37)23(24-26(31-28)20-10-6-7-11-21(20)27(24)35)18-12-14-19(15-13-18)38-22(34)16-17-8-4-3-5-9-17/h3-15,23,31H,16H2,1-2H3/t23-/m0/s1. The number of carbonyl (C=O) groups excluding carboxylic acids is 2. The number of esters is 1. The molecule has 3 aromatic carbocycles. The molecule has 0 spiro atoms. The summed E-state index contributed by atoms with van der Waals surface area (Å²) in [7, 11) is 3.01. The smallest absolute Gasteiger partial charge is 0.332 e. The summed E-state index contributed by atoms with van der Waals surface area (Å²) < 4.78 is 7.96. The molecule has 8 heteroatoms. The number of nitrogens with one attached hydrogen (secondary N) is 1. The molecule has 2 aliphatic rings. The number of ether oxygens (including phenoxy) is 1. The molecule has 0 amide bonds. The Bertz CT molecular complexity index is 1780. The number of anilines is 1. The van der Waals surface area contributed by atoms with Crippen LogP contribution in [0.3, 0.4) is 0 Å². The number of hydrogen-bond donors (Lipinski definition) is 1. The van der Waals surface area contributed by atoms with E-state index in [2.05, 4.69) is 5.32 Å². The van der Waals surface area contributed by atoms with Crippen molar-refractivity contribution in [2.45, 2.75) is 12.3 Å². The average molecular weight is 506 g/mol. The van der Waals surface area contributed by atoms with Gasteiger partial charge in [0, 0.05) is 36.7 Å². The molecule has 188 valence electrons. The van der Waals surface area contributed by atoms with Crippen LogP contribution in [0.4, 0.5) is 5.82 Å². The van der Waals surface area contributed by atoms with Gasteiger partial charge in [0.1, 0.15) is 11.6 Å². The molecule has 0 bridgehead atoms. The van der Waals surface area contributed by atoms with E-state index in [1.165, 1.54) is 11.6 Å². The number of fused-ring (bicyclic) bond motifs is 3. The van der Waals surface area contributed by atoms with Gasteiger partial charge in [0.2, 0.25) is 0 Å². The van der Waals surface area contributed by atoms with E-state index in [0.29, 0.717) is 39.5 Å². The van der Waals surface area contributed by atoms with E-state index in [1.54, 1.807) is 43.4 Å². The first-order valence-corrected chi connectivity index (χ1v) is 12.1. The number of aromatic nitrogens is 2. The van der Waals surface area contributed by atoms with E-state index in [9.17, 15) is 19.2 Å². The van der Waals surface area contributed by atoms with E-state index in [-0.39, 0.29) is 12.2 Å². The zero-order chi connectivity index (χ0) is 26.6. The molecule has 1 N–H and O–H groups in total. The van der Waals surface area contributed by atoms with E-state index >= 15 is 0 Å². The monoisotopic (exact) mass is 505 g/mol. The van der Waals surface area contributed by atoms with Crippen LogP contribution < -0.4 is 21.3 Å². The van der Waals surface area contributed by atoms with Gasteiger partial charge in [-0.1, -0.05) is 66.7 Å². The van der Waals surface area contributed by atoms with Crippen molar-refractivity contribution in [3.63, 3.8) is 0 Å². The highest BCUT2D eigenvalue weighted by atomic mass is 16.5. The normalized spacial score (nSPS) is 15.4. The van der Waals surface area contributed by atoms with Gasteiger partial charge in [-0.15, -0.1) is 0 Å². The Morgan fingerprint density at radius 1 is 0.842 bits per heavy atom. The van der Waals surface area contributed by atoms with Gasteiger partial charge >= 0.3 is 11.7 Å². The number of ketones is 1. The molecular formula is C30H23N3O5.